The molecular weight excluding hydrogens is 432 g/mol. The number of benzene rings is 2. The summed E-state index contributed by atoms with van der Waals surface area (Å²) < 4.78 is 5.98. The standard InChI is InChI=1S/C20H18N8O3S/c1-12-5-7-15(8-6-12)32-11-16-17(23-27-28(16)19-18(21)25-31-26-19)20(30)24-22-10-13-3-2-4-14(29)9-13/h2-10,29H,11H2,1H3,(H2,21,25)(H,24,30)/b22-10+. The van der Waals surface area contributed by atoms with Gasteiger partial charge in [-0.15, -0.1) is 16.9 Å². The van der Waals surface area contributed by atoms with Gasteiger partial charge in [0.15, 0.2) is 5.69 Å². The number of aromatic hydroxyl groups is 1. The second-order valence-electron chi connectivity index (χ2n) is 6.67. The Labute approximate surface area is 186 Å². The molecule has 1 amide bonds. The molecule has 0 saturated carbocycles. The number of carbonyl (C=O) groups excluding carboxylic acids is 1. The van der Waals surface area contributed by atoms with Crippen molar-refractivity contribution in [1.82, 2.24) is 30.7 Å². The minimum atomic E-state index is -0.567. The summed E-state index contributed by atoms with van der Waals surface area (Å²) in [5, 5.41) is 28.8. The van der Waals surface area contributed by atoms with E-state index in [0.717, 1.165) is 10.5 Å². The predicted octanol–water partition coefficient (Wildman–Crippen LogP) is 2.30. The fourth-order valence-electron chi connectivity index (χ4n) is 2.73. The molecule has 0 fully saturated rings. The largest absolute Gasteiger partial charge is 0.508 e. The highest BCUT2D eigenvalue weighted by atomic mass is 32.2. The van der Waals surface area contributed by atoms with Crippen LogP contribution in [0.4, 0.5) is 5.82 Å². The van der Waals surface area contributed by atoms with Crippen LogP contribution in [-0.4, -0.2) is 42.5 Å². The van der Waals surface area contributed by atoms with Crippen LogP contribution >= 0.6 is 11.8 Å². The molecule has 162 valence electrons. The number of carbonyl (C=O) groups is 1. The average Bonchev–Trinajstić information content (AvgIpc) is 3.39. The number of nitrogen functional groups attached to an aromatic ring is 1. The number of phenolic OH excluding ortho intramolecular Hbond substituents is 1. The third-order valence-electron chi connectivity index (χ3n) is 4.32. The number of nitrogens with zero attached hydrogens (tertiary/aromatic N) is 6. The summed E-state index contributed by atoms with van der Waals surface area (Å²) in [5.41, 5.74) is 10.5. The highest BCUT2D eigenvalue weighted by molar-refractivity contribution is 7.98. The maximum atomic E-state index is 12.8. The maximum Gasteiger partial charge on any atom is 0.293 e. The Bertz CT molecular complexity index is 1270. The topological polar surface area (TPSA) is 157 Å². The Balaban J connectivity index is 1.57. The number of hydrogen-bond acceptors (Lipinski definition) is 10. The van der Waals surface area contributed by atoms with Crippen LogP contribution in [0.25, 0.3) is 5.82 Å². The fraction of sp³-hybridized carbons (Fsp3) is 0.100. The number of hydrogen-bond donors (Lipinski definition) is 3. The molecule has 0 unspecified atom stereocenters. The first-order chi connectivity index (χ1) is 15.5. The number of hydrazone groups is 1. The lowest BCUT2D eigenvalue weighted by Gasteiger charge is -2.06. The van der Waals surface area contributed by atoms with E-state index in [-0.39, 0.29) is 23.1 Å². The van der Waals surface area contributed by atoms with Crippen LogP contribution in [0.3, 0.4) is 0 Å². The van der Waals surface area contributed by atoms with E-state index in [9.17, 15) is 9.90 Å². The average molecular weight is 450 g/mol. The number of nitrogens with one attached hydrogen (secondary N) is 1. The Morgan fingerprint density at radius 3 is 2.81 bits per heavy atom. The number of aryl methyl sites for hydroxylation is 1. The zero-order valence-corrected chi connectivity index (χ0v) is 17.7. The van der Waals surface area contributed by atoms with Crippen molar-refractivity contribution in [2.45, 2.75) is 17.6 Å². The monoisotopic (exact) mass is 450 g/mol. The second kappa shape index (κ2) is 9.31. The number of amides is 1. The maximum absolute atomic E-state index is 12.8. The molecule has 12 heteroatoms. The van der Waals surface area contributed by atoms with Crippen molar-refractivity contribution in [2.24, 2.45) is 5.10 Å². The lowest BCUT2D eigenvalue weighted by Crippen LogP contribution is -2.20. The van der Waals surface area contributed by atoms with Crippen molar-refractivity contribution >= 4 is 29.7 Å². The summed E-state index contributed by atoms with van der Waals surface area (Å²) in [6.45, 7) is 2.01. The molecule has 0 spiro atoms. The van der Waals surface area contributed by atoms with Gasteiger partial charge in [0, 0.05) is 10.6 Å². The SMILES string of the molecule is Cc1ccc(SCc2c(C(=O)N/N=C/c3cccc(O)c3)nnn2-c2nonc2N)cc1. The van der Waals surface area contributed by atoms with Gasteiger partial charge in [-0.25, -0.2) is 10.1 Å². The lowest BCUT2D eigenvalue weighted by molar-refractivity contribution is 0.0949. The molecule has 0 aliphatic heterocycles. The van der Waals surface area contributed by atoms with E-state index in [1.807, 2.05) is 31.2 Å². The number of aromatic nitrogens is 5. The summed E-state index contributed by atoms with van der Waals surface area (Å²) in [6, 6.07) is 14.4. The van der Waals surface area contributed by atoms with Crippen molar-refractivity contribution in [1.29, 1.82) is 0 Å². The molecule has 32 heavy (non-hydrogen) atoms. The van der Waals surface area contributed by atoms with E-state index >= 15 is 0 Å². The van der Waals surface area contributed by atoms with E-state index in [4.69, 9.17) is 5.73 Å². The molecule has 4 N–H and O–H groups in total. The molecule has 2 heterocycles. The van der Waals surface area contributed by atoms with E-state index in [1.165, 1.54) is 34.8 Å². The van der Waals surface area contributed by atoms with Crippen LogP contribution in [0.2, 0.25) is 0 Å². The minimum Gasteiger partial charge on any atom is -0.508 e. The van der Waals surface area contributed by atoms with Crippen LogP contribution in [0.1, 0.15) is 27.3 Å². The zero-order valence-electron chi connectivity index (χ0n) is 16.8. The third-order valence-corrected chi connectivity index (χ3v) is 5.34. The second-order valence-corrected chi connectivity index (χ2v) is 7.71. The molecule has 4 aromatic rings. The van der Waals surface area contributed by atoms with E-state index in [1.54, 1.807) is 12.1 Å². The first-order valence-corrected chi connectivity index (χ1v) is 10.3. The summed E-state index contributed by atoms with van der Waals surface area (Å²) in [7, 11) is 0. The van der Waals surface area contributed by atoms with Gasteiger partial charge < -0.3 is 10.8 Å². The van der Waals surface area contributed by atoms with Crippen molar-refractivity contribution in [3.05, 3.63) is 71.0 Å². The van der Waals surface area contributed by atoms with Gasteiger partial charge in [-0.2, -0.15) is 9.78 Å². The van der Waals surface area contributed by atoms with Gasteiger partial charge in [-0.1, -0.05) is 35.0 Å². The van der Waals surface area contributed by atoms with E-state index < -0.39 is 5.91 Å². The predicted molar refractivity (Wildman–Crippen MR) is 118 cm³/mol. The molecule has 0 aliphatic rings. The quantitative estimate of drug-likeness (QED) is 0.218. The van der Waals surface area contributed by atoms with E-state index in [2.05, 4.69) is 35.8 Å². The number of rotatable bonds is 7. The zero-order chi connectivity index (χ0) is 22.5. The van der Waals surface area contributed by atoms with Gasteiger partial charge in [0.25, 0.3) is 5.91 Å². The van der Waals surface area contributed by atoms with Gasteiger partial charge in [0.05, 0.1) is 11.9 Å². The van der Waals surface area contributed by atoms with Crippen molar-refractivity contribution in [3.8, 4) is 11.6 Å². The van der Waals surface area contributed by atoms with Gasteiger partial charge in [0.1, 0.15) is 5.75 Å². The van der Waals surface area contributed by atoms with Crippen LogP contribution in [0, 0.1) is 6.92 Å². The molecule has 2 aromatic heterocycles. The van der Waals surface area contributed by atoms with E-state index in [0.29, 0.717) is 17.0 Å². The van der Waals surface area contributed by atoms with Gasteiger partial charge >= 0.3 is 0 Å². The first-order valence-electron chi connectivity index (χ1n) is 9.36. The van der Waals surface area contributed by atoms with Gasteiger partial charge in [-0.05, 0) is 47.1 Å². The summed E-state index contributed by atoms with van der Waals surface area (Å²) in [4.78, 5) is 13.8. The highest BCUT2D eigenvalue weighted by Gasteiger charge is 2.24. The number of nitrogens with two attached hydrogens (primary N) is 1. The molecule has 11 nitrogen and oxygen atoms in total. The summed E-state index contributed by atoms with van der Waals surface area (Å²) in [5.74, 6) is 0.0331. The minimum absolute atomic E-state index is 0.0188. The molecule has 0 aliphatic carbocycles. The van der Waals surface area contributed by atoms with Crippen LogP contribution in [-0.2, 0) is 5.75 Å². The Kier molecular flexibility index (Phi) is 6.12. The Morgan fingerprint density at radius 2 is 2.09 bits per heavy atom. The third kappa shape index (κ3) is 4.75. The number of phenols is 1. The molecule has 0 bridgehead atoms. The first kappa shape index (κ1) is 21.1. The highest BCUT2D eigenvalue weighted by Crippen LogP contribution is 2.26. The molecule has 0 saturated heterocycles. The van der Waals surface area contributed by atoms with Crippen LogP contribution < -0.4 is 11.2 Å². The lowest BCUT2D eigenvalue weighted by atomic mass is 10.2. The normalized spacial score (nSPS) is 11.2. The Hall–Kier alpha value is -4.19. The number of thioether (sulfide) groups is 1. The van der Waals surface area contributed by atoms with Gasteiger partial charge in [0.2, 0.25) is 11.6 Å². The Morgan fingerprint density at radius 1 is 1.28 bits per heavy atom. The molecule has 0 atom stereocenters. The smallest absolute Gasteiger partial charge is 0.293 e. The molecule has 2 aromatic carbocycles. The molecule has 0 radical (unpaired) electrons. The fourth-order valence-corrected chi connectivity index (χ4v) is 3.62. The van der Waals surface area contributed by atoms with Crippen molar-refractivity contribution in [3.63, 3.8) is 0 Å². The summed E-state index contributed by atoms with van der Waals surface area (Å²) in [6.07, 6.45) is 1.41. The van der Waals surface area contributed by atoms with Crippen molar-refractivity contribution < 1.29 is 14.5 Å². The number of anilines is 1. The molecular formula is C20H18N8O3S. The van der Waals surface area contributed by atoms with Crippen molar-refractivity contribution in [2.75, 3.05) is 5.73 Å². The summed E-state index contributed by atoms with van der Waals surface area (Å²) >= 11 is 1.49. The van der Waals surface area contributed by atoms with Gasteiger partial charge in [-0.3, -0.25) is 4.79 Å². The molecule has 4 rings (SSSR count). The van der Waals surface area contributed by atoms with Crippen LogP contribution in [0.15, 0.2) is 63.2 Å². The van der Waals surface area contributed by atoms with Crippen LogP contribution in [0.5, 0.6) is 5.75 Å².